The molecule has 5 heteroatoms. The second-order valence-corrected chi connectivity index (χ2v) is 6.61. The van der Waals surface area contributed by atoms with E-state index in [0.717, 1.165) is 46.7 Å². The Morgan fingerprint density at radius 2 is 2.22 bits per heavy atom. The van der Waals surface area contributed by atoms with Gasteiger partial charge in [-0.1, -0.05) is 23.2 Å². The zero-order chi connectivity index (χ0) is 13.0. The number of hydrogen-bond acceptors (Lipinski definition) is 3. The molecule has 0 aliphatic carbocycles. The van der Waals surface area contributed by atoms with Gasteiger partial charge in [-0.05, 0) is 37.6 Å². The van der Waals surface area contributed by atoms with E-state index in [0.29, 0.717) is 6.04 Å². The second kappa shape index (κ2) is 7.01. The van der Waals surface area contributed by atoms with Crippen molar-refractivity contribution in [3.8, 4) is 0 Å². The van der Waals surface area contributed by atoms with Crippen LogP contribution < -0.4 is 5.73 Å². The minimum Gasteiger partial charge on any atom is -0.327 e. The van der Waals surface area contributed by atoms with Crippen molar-refractivity contribution in [3.05, 3.63) is 28.2 Å². The fraction of sp³-hybridized carbons (Fsp3) is 0.538. The van der Waals surface area contributed by atoms with Gasteiger partial charge in [-0.25, -0.2) is 0 Å². The van der Waals surface area contributed by atoms with Crippen molar-refractivity contribution in [3.63, 3.8) is 0 Å². The molecule has 0 spiro atoms. The summed E-state index contributed by atoms with van der Waals surface area (Å²) in [5, 5.41) is 1.52. The van der Waals surface area contributed by atoms with Gasteiger partial charge in [0.25, 0.3) is 0 Å². The van der Waals surface area contributed by atoms with E-state index in [4.69, 9.17) is 28.9 Å². The molecule has 1 aliphatic heterocycles. The van der Waals surface area contributed by atoms with Crippen LogP contribution in [0, 0.1) is 0 Å². The molecule has 100 valence electrons. The third kappa shape index (κ3) is 4.32. The molecule has 0 unspecified atom stereocenters. The Hall–Kier alpha value is 0.0700. The van der Waals surface area contributed by atoms with Crippen LogP contribution in [-0.4, -0.2) is 36.3 Å². The van der Waals surface area contributed by atoms with E-state index >= 15 is 0 Å². The van der Waals surface area contributed by atoms with Gasteiger partial charge in [0.1, 0.15) is 0 Å². The second-order valence-electron chi connectivity index (χ2n) is 4.63. The van der Waals surface area contributed by atoms with Gasteiger partial charge in [0.2, 0.25) is 0 Å². The van der Waals surface area contributed by atoms with E-state index in [-0.39, 0.29) is 0 Å². The number of nitrogens with two attached hydrogens (primary N) is 1. The maximum Gasteiger partial charge on any atom is 0.0542 e. The van der Waals surface area contributed by atoms with Crippen molar-refractivity contribution in [1.82, 2.24) is 4.90 Å². The van der Waals surface area contributed by atoms with Crippen LogP contribution in [0.25, 0.3) is 0 Å². The van der Waals surface area contributed by atoms with E-state index in [9.17, 15) is 0 Å². The van der Waals surface area contributed by atoms with Crippen molar-refractivity contribution in [1.29, 1.82) is 0 Å². The Labute approximate surface area is 123 Å². The maximum absolute atomic E-state index is 6.13. The summed E-state index contributed by atoms with van der Waals surface area (Å²) in [6.07, 6.45) is 2.37. The summed E-state index contributed by atoms with van der Waals surface area (Å²) in [5.74, 6) is 1.02. The third-order valence-corrected chi connectivity index (χ3v) is 4.81. The van der Waals surface area contributed by atoms with Crippen molar-refractivity contribution in [2.45, 2.75) is 23.8 Å². The lowest BCUT2D eigenvalue weighted by molar-refractivity contribution is 0.221. The van der Waals surface area contributed by atoms with Crippen molar-refractivity contribution >= 4 is 35.0 Å². The van der Waals surface area contributed by atoms with Gasteiger partial charge in [-0.15, -0.1) is 11.8 Å². The molecule has 1 aromatic carbocycles. The Morgan fingerprint density at radius 1 is 1.39 bits per heavy atom. The van der Waals surface area contributed by atoms with Crippen LogP contribution in [-0.2, 0) is 0 Å². The highest BCUT2D eigenvalue weighted by atomic mass is 35.5. The number of likely N-dealkylation sites (tertiary alicyclic amines) is 1. The lowest BCUT2D eigenvalue weighted by Crippen LogP contribution is -2.43. The van der Waals surface area contributed by atoms with E-state index in [1.807, 2.05) is 18.2 Å². The maximum atomic E-state index is 6.13. The first kappa shape index (κ1) is 14.5. The number of piperidine rings is 1. The molecule has 1 atom stereocenters. The van der Waals surface area contributed by atoms with Gasteiger partial charge < -0.3 is 10.6 Å². The molecular formula is C13H18Cl2N2S. The molecule has 18 heavy (non-hydrogen) atoms. The summed E-state index contributed by atoms with van der Waals surface area (Å²) in [5.41, 5.74) is 5.96. The first-order chi connectivity index (χ1) is 8.65. The first-order valence-corrected chi connectivity index (χ1v) is 7.95. The summed E-state index contributed by atoms with van der Waals surface area (Å²) in [4.78, 5) is 3.49. The molecular weight excluding hydrogens is 287 g/mol. The average Bonchev–Trinajstić information content (AvgIpc) is 2.34. The lowest BCUT2D eigenvalue weighted by Gasteiger charge is -2.30. The zero-order valence-corrected chi connectivity index (χ0v) is 12.6. The number of rotatable bonds is 4. The smallest absolute Gasteiger partial charge is 0.0542 e. The van der Waals surface area contributed by atoms with Gasteiger partial charge in [-0.2, -0.15) is 0 Å². The van der Waals surface area contributed by atoms with Gasteiger partial charge in [0.15, 0.2) is 0 Å². The van der Waals surface area contributed by atoms with Crippen molar-refractivity contribution < 1.29 is 0 Å². The number of hydrogen-bond donors (Lipinski definition) is 1. The third-order valence-electron chi connectivity index (χ3n) is 3.10. The van der Waals surface area contributed by atoms with Crippen molar-refractivity contribution in [2.75, 3.05) is 25.4 Å². The molecule has 0 saturated carbocycles. The Balaban J connectivity index is 1.79. The molecule has 2 N–H and O–H groups in total. The predicted octanol–water partition coefficient (Wildman–Crippen LogP) is 3.51. The van der Waals surface area contributed by atoms with Crippen molar-refractivity contribution in [2.24, 2.45) is 5.73 Å². The van der Waals surface area contributed by atoms with E-state index < -0.39 is 0 Å². The van der Waals surface area contributed by atoms with Gasteiger partial charge in [-0.3, -0.25) is 0 Å². The molecule has 0 amide bonds. The average molecular weight is 305 g/mol. The molecule has 1 saturated heterocycles. The number of benzene rings is 1. The molecule has 2 rings (SSSR count). The van der Waals surface area contributed by atoms with E-state index in [1.54, 1.807) is 11.8 Å². The predicted molar refractivity (Wildman–Crippen MR) is 80.8 cm³/mol. The van der Waals surface area contributed by atoms with Crippen LogP contribution in [0.4, 0.5) is 0 Å². The molecule has 1 fully saturated rings. The van der Waals surface area contributed by atoms with E-state index in [1.165, 1.54) is 6.42 Å². The van der Waals surface area contributed by atoms with Crippen LogP contribution in [0.5, 0.6) is 0 Å². The van der Waals surface area contributed by atoms with Crippen LogP contribution in [0.3, 0.4) is 0 Å². The summed E-state index contributed by atoms with van der Waals surface area (Å²) < 4.78 is 0. The molecule has 0 aromatic heterocycles. The number of nitrogens with zero attached hydrogens (tertiary/aromatic N) is 1. The highest BCUT2D eigenvalue weighted by Gasteiger charge is 2.16. The number of halogens is 2. The molecule has 0 radical (unpaired) electrons. The SMILES string of the molecule is N[C@@H]1CCCN(CCSc2cc(Cl)ccc2Cl)C1. The summed E-state index contributed by atoms with van der Waals surface area (Å²) in [6.45, 7) is 3.24. The monoisotopic (exact) mass is 304 g/mol. The summed E-state index contributed by atoms with van der Waals surface area (Å²) in [7, 11) is 0. The Morgan fingerprint density at radius 3 is 3.00 bits per heavy atom. The minimum atomic E-state index is 0.346. The Bertz CT molecular complexity index is 401. The fourth-order valence-corrected chi connectivity index (χ4v) is 3.67. The molecule has 1 aromatic rings. The van der Waals surface area contributed by atoms with Crippen LogP contribution in [0.1, 0.15) is 12.8 Å². The zero-order valence-electron chi connectivity index (χ0n) is 10.2. The van der Waals surface area contributed by atoms with Crippen LogP contribution >= 0.6 is 35.0 Å². The molecule has 0 bridgehead atoms. The number of thioether (sulfide) groups is 1. The molecule has 1 aliphatic rings. The Kier molecular flexibility index (Phi) is 5.64. The normalized spacial score (nSPS) is 21.2. The topological polar surface area (TPSA) is 29.3 Å². The van der Waals surface area contributed by atoms with Gasteiger partial charge in [0, 0.05) is 34.8 Å². The standard InChI is InChI=1S/C13H18Cl2N2S/c14-10-3-4-12(15)13(8-10)18-7-6-17-5-1-2-11(16)9-17/h3-4,8,11H,1-2,5-7,9,16H2/t11-/m1/s1. The van der Waals surface area contributed by atoms with Crippen LogP contribution in [0.15, 0.2) is 23.1 Å². The van der Waals surface area contributed by atoms with Gasteiger partial charge >= 0.3 is 0 Å². The largest absolute Gasteiger partial charge is 0.327 e. The fourth-order valence-electron chi connectivity index (χ4n) is 2.17. The lowest BCUT2D eigenvalue weighted by atomic mass is 10.1. The minimum absolute atomic E-state index is 0.346. The molecule has 1 heterocycles. The summed E-state index contributed by atoms with van der Waals surface area (Å²) >= 11 is 13.8. The highest BCUT2D eigenvalue weighted by molar-refractivity contribution is 7.99. The highest BCUT2D eigenvalue weighted by Crippen LogP contribution is 2.29. The molecule has 2 nitrogen and oxygen atoms in total. The van der Waals surface area contributed by atoms with Crippen LogP contribution in [0.2, 0.25) is 10.0 Å². The summed E-state index contributed by atoms with van der Waals surface area (Å²) in [6, 6.07) is 5.94. The van der Waals surface area contributed by atoms with E-state index in [2.05, 4.69) is 4.90 Å². The quantitative estimate of drug-likeness (QED) is 0.863. The van der Waals surface area contributed by atoms with Gasteiger partial charge in [0.05, 0.1) is 5.02 Å². The first-order valence-electron chi connectivity index (χ1n) is 6.21.